The van der Waals surface area contributed by atoms with E-state index in [4.69, 9.17) is 16.9 Å². The van der Waals surface area contributed by atoms with Crippen molar-refractivity contribution in [3.63, 3.8) is 0 Å². The van der Waals surface area contributed by atoms with Crippen molar-refractivity contribution in [3.05, 3.63) is 40.4 Å². The molecule has 0 radical (unpaired) electrons. The summed E-state index contributed by atoms with van der Waals surface area (Å²) >= 11 is 5.90. The van der Waals surface area contributed by atoms with Crippen molar-refractivity contribution in [2.75, 3.05) is 0 Å². The lowest BCUT2D eigenvalue weighted by molar-refractivity contribution is -0.115. The van der Waals surface area contributed by atoms with E-state index in [1.165, 1.54) is 6.08 Å². The third kappa shape index (κ3) is 3.45. The molecule has 0 saturated carbocycles. The van der Waals surface area contributed by atoms with Gasteiger partial charge in [0, 0.05) is 11.1 Å². The normalized spacial score (nSPS) is 9.93. The number of carbonyl (C=O) groups excluding carboxylic acids is 1. The average Bonchev–Trinajstić information content (AvgIpc) is 2.20. The molecule has 0 unspecified atom stereocenters. The number of nitrogens with one attached hydrogen (secondary N) is 1. The first-order valence-corrected chi connectivity index (χ1v) is 4.64. The highest BCUT2D eigenvalue weighted by Gasteiger charge is 1.96. The van der Waals surface area contributed by atoms with Crippen LogP contribution in [0, 0.1) is 18.4 Å². The van der Waals surface area contributed by atoms with Crippen LogP contribution in [-0.4, -0.2) is 5.91 Å². The Kier molecular flexibility index (Phi) is 3.90. The molecule has 0 bridgehead atoms. The monoisotopic (exact) mass is 220 g/mol. The van der Waals surface area contributed by atoms with E-state index in [2.05, 4.69) is 0 Å². The quantitative estimate of drug-likeness (QED) is 0.472. The highest BCUT2D eigenvalue weighted by Crippen LogP contribution is 2.17. The second kappa shape index (κ2) is 5.18. The fourth-order valence-corrected chi connectivity index (χ4v) is 1.17. The number of halogens is 1. The molecule has 1 aromatic rings. The Morgan fingerprint density at radius 1 is 1.60 bits per heavy atom. The minimum Gasteiger partial charge on any atom is -0.269 e. The molecule has 15 heavy (non-hydrogen) atoms. The summed E-state index contributed by atoms with van der Waals surface area (Å²) in [7, 11) is 0. The van der Waals surface area contributed by atoms with Crippen LogP contribution in [0.4, 0.5) is 0 Å². The zero-order valence-corrected chi connectivity index (χ0v) is 8.88. The molecule has 0 spiro atoms. The van der Waals surface area contributed by atoms with Crippen LogP contribution in [0.3, 0.4) is 0 Å². The number of amides is 1. The fourth-order valence-electron chi connectivity index (χ4n) is 0.981. The molecule has 76 valence electrons. The predicted octanol–water partition coefficient (Wildman–Crippen LogP) is 2.26. The topological polar surface area (TPSA) is 52.9 Å². The molecule has 0 atom stereocenters. The first-order valence-electron chi connectivity index (χ1n) is 4.27. The summed E-state index contributed by atoms with van der Waals surface area (Å²) in [5.74, 6) is -0.450. The number of carbonyl (C=O) groups is 1. The number of rotatable bonds is 2. The molecule has 0 aromatic heterocycles. The standard InChI is InChI=1S/C11H9ClN2O/c1-8-2-3-9(6-10(8)12)4-5-11(15)14-7-13/h2-6H,1H3,(H,14,15). The lowest BCUT2D eigenvalue weighted by Gasteiger charge is -1.98. The number of nitriles is 1. The average molecular weight is 221 g/mol. The molecular formula is C11H9ClN2O. The van der Waals surface area contributed by atoms with Gasteiger partial charge in [-0.3, -0.25) is 10.1 Å². The Hall–Kier alpha value is -1.79. The molecule has 1 aromatic carbocycles. The summed E-state index contributed by atoms with van der Waals surface area (Å²) in [4.78, 5) is 10.9. The van der Waals surface area contributed by atoms with E-state index in [1.807, 2.05) is 24.4 Å². The van der Waals surface area contributed by atoms with Gasteiger partial charge in [0.25, 0.3) is 5.91 Å². The van der Waals surface area contributed by atoms with E-state index >= 15 is 0 Å². The van der Waals surface area contributed by atoms with E-state index in [0.29, 0.717) is 5.02 Å². The van der Waals surface area contributed by atoms with Crippen LogP contribution in [0.15, 0.2) is 24.3 Å². The van der Waals surface area contributed by atoms with E-state index in [0.717, 1.165) is 11.1 Å². The number of aryl methyl sites for hydroxylation is 1. The van der Waals surface area contributed by atoms with E-state index in [9.17, 15) is 4.79 Å². The molecule has 0 aliphatic rings. The van der Waals surface area contributed by atoms with E-state index < -0.39 is 5.91 Å². The van der Waals surface area contributed by atoms with Gasteiger partial charge in [-0.2, -0.15) is 5.26 Å². The maximum Gasteiger partial charge on any atom is 0.256 e. The van der Waals surface area contributed by atoms with Crippen LogP contribution >= 0.6 is 11.6 Å². The van der Waals surface area contributed by atoms with Crippen molar-refractivity contribution in [1.82, 2.24) is 5.32 Å². The Labute approximate surface area is 93.0 Å². The lowest BCUT2D eigenvalue weighted by atomic mass is 10.1. The van der Waals surface area contributed by atoms with E-state index in [1.54, 1.807) is 18.3 Å². The Bertz CT molecular complexity index is 446. The molecule has 1 amide bonds. The largest absolute Gasteiger partial charge is 0.269 e. The van der Waals surface area contributed by atoms with Gasteiger partial charge in [-0.15, -0.1) is 0 Å². The van der Waals surface area contributed by atoms with Crippen molar-refractivity contribution in [3.8, 4) is 6.19 Å². The molecular weight excluding hydrogens is 212 g/mol. The lowest BCUT2D eigenvalue weighted by Crippen LogP contribution is -2.13. The van der Waals surface area contributed by atoms with Crippen molar-refractivity contribution in [1.29, 1.82) is 5.26 Å². The minimum atomic E-state index is -0.450. The maximum atomic E-state index is 10.9. The SMILES string of the molecule is Cc1ccc(C=CC(=O)NC#N)cc1Cl. The van der Waals surface area contributed by atoms with Crippen LogP contribution in [0.2, 0.25) is 5.02 Å². The van der Waals surface area contributed by atoms with Crippen LogP contribution in [-0.2, 0) is 4.79 Å². The first-order chi connectivity index (χ1) is 7.13. The Morgan fingerprint density at radius 2 is 2.33 bits per heavy atom. The zero-order valence-electron chi connectivity index (χ0n) is 8.12. The maximum absolute atomic E-state index is 10.9. The summed E-state index contributed by atoms with van der Waals surface area (Å²) in [6.07, 6.45) is 4.42. The molecule has 0 fully saturated rings. The van der Waals surface area contributed by atoms with Gasteiger partial charge < -0.3 is 0 Å². The second-order valence-electron chi connectivity index (χ2n) is 2.94. The zero-order chi connectivity index (χ0) is 11.3. The van der Waals surface area contributed by atoms with Gasteiger partial charge in [0.2, 0.25) is 0 Å². The van der Waals surface area contributed by atoms with Gasteiger partial charge in [0.1, 0.15) is 0 Å². The predicted molar refractivity (Wildman–Crippen MR) is 59.0 cm³/mol. The van der Waals surface area contributed by atoms with Gasteiger partial charge in [-0.05, 0) is 30.2 Å². The Balaban J connectivity index is 2.78. The molecule has 1 rings (SSSR count). The number of hydrogen-bond donors (Lipinski definition) is 1. The van der Waals surface area contributed by atoms with Gasteiger partial charge >= 0.3 is 0 Å². The molecule has 0 heterocycles. The van der Waals surface area contributed by atoms with Gasteiger partial charge in [-0.1, -0.05) is 23.7 Å². The molecule has 4 heteroatoms. The van der Waals surface area contributed by atoms with Gasteiger partial charge in [0.05, 0.1) is 0 Å². The molecule has 0 aliphatic carbocycles. The smallest absolute Gasteiger partial charge is 0.256 e. The molecule has 0 aliphatic heterocycles. The summed E-state index contributed by atoms with van der Waals surface area (Å²) in [5.41, 5.74) is 1.80. The third-order valence-corrected chi connectivity index (χ3v) is 2.21. The van der Waals surface area contributed by atoms with Crippen LogP contribution in [0.1, 0.15) is 11.1 Å². The fraction of sp³-hybridized carbons (Fsp3) is 0.0909. The summed E-state index contributed by atoms with van der Waals surface area (Å²) < 4.78 is 0. The van der Waals surface area contributed by atoms with Crippen molar-refractivity contribution in [2.24, 2.45) is 0 Å². The number of nitrogens with zero attached hydrogens (tertiary/aromatic N) is 1. The van der Waals surface area contributed by atoms with Crippen LogP contribution < -0.4 is 5.32 Å². The summed E-state index contributed by atoms with van der Waals surface area (Å²) in [5, 5.41) is 10.8. The number of hydrogen-bond acceptors (Lipinski definition) is 2. The number of benzene rings is 1. The van der Waals surface area contributed by atoms with Crippen molar-refractivity contribution < 1.29 is 4.79 Å². The van der Waals surface area contributed by atoms with Crippen molar-refractivity contribution in [2.45, 2.75) is 6.92 Å². The van der Waals surface area contributed by atoms with Crippen molar-refractivity contribution >= 4 is 23.6 Å². The highest BCUT2D eigenvalue weighted by atomic mass is 35.5. The third-order valence-electron chi connectivity index (χ3n) is 1.80. The molecule has 0 saturated heterocycles. The highest BCUT2D eigenvalue weighted by molar-refractivity contribution is 6.31. The van der Waals surface area contributed by atoms with Gasteiger partial charge in [0.15, 0.2) is 6.19 Å². The van der Waals surface area contributed by atoms with Crippen LogP contribution in [0.5, 0.6) is 0 Å². The van der Waals surface area contributed by atoms with Gasteiger partial charge in [-0.25, -0.2) is 0 Å². The first kappa shape index (κ1) is 11.3. The Morgan fingerprint density at radius 3 is 2.93 bits per heavy atom. The van der Waals surface area contributed by atoms with E-state index in [-0.39, 0.29) is 0 Å². The summed E-state index contributed by atoms with van der Waals surface area (Å²) in [6.45, 7) is 1.90. The second-order valence-corrected chi connectivity index (χ2v) is 3.35. The summed E-state index contributed by atoms with van der Waals surface area (Å²) in [6, 6.07) is 5.47. The molecule has 3 nitrogen and oxygen atoms in total. The molecule has 1 N–H and O–H groups in total. The van der Waals surface area contributed by atoms with Crippen LogP contribution in [0.25, 0.3) is 6.08 Å². The minimum absolute atomic E-state index is 0.450.